The van der Waals surface area contributed by atoms with Crippen molar-refractivity contribution in [2.75, 3.05) is 20.2 Å². The quantitative estimate of drug-likeness (QED) is 0.808. The Labute approximate surface area is 90.8 Å². The molecule has 1 saturated heterocycles. The maximum atomic E-state index is 5.96. The highest BCUT2D eigenvalue weighted by Crippen LogP contribution is 2.21. The average molecular weight is 206 g/mol. The van der Waals surface area contributed by atoms with Crippen molar-refractivity contribution in [3.05, 3.63) is 29.8 Å². The van der Waals surface area contributed by atoms with Gasteiger partial charge in [0.05, 0.1) is 7.11 Å². The van der Waals surface area contributed by atoms with Crippen LogP contribution in [0.4, 0.5) is 0 Å². The van der Waals surface area contributed by atoms with Crippen LogP contribution in [0.15, 0.2) is 24.3 Å². The number of rotatable bonds is 3. The summed E-state index contributed by atoms with van der Waals surface area (Å²) < 4.78 is 5.19. The first-order valence-electron chi connectivity index (χ1n) is 5.23. The second-order valence-corrected chi connectivity index (χ2v) is 4.65. The third kappa shape index (κ3) is 2.49. The van der Waals surface area contributed by atoms with Crippen LogP contribution >= 0.6 is 0 Å². The molecule has 0 atom stereocenters. The molecule has 1 heterocycles. The topological polar surface area (TPSA) is 38.5 Å². The van der Waals surface area contributed by atoms with E-state index in [1.165, 1.54) is 5.56 Å². The Morgan fingerprint density at radius 3 is 2.80 bits per heavy atom. The van der Waals surface area contributed by atoms with Gasteiger partial charge in [-0.25, -0.2) is 0 Å². The van der Waals surface area contributed by atoms with Crippen LogP contribution in [0.25, 0.3) is 0 Å². The lowest BCUT2D eigenvalue weighted by Gasteiger charge is -2.45. The van der Waals surface area contributed by atoms with Gasteiger partial charge in [-0.1, -0.05) is 12.1 Å². The first-order valence-corrected chi connectivity index (χ1v) is 5.23. The molecule has 0 unspecified atom stereocenters. The first-order chi connectivity index (χ1) is 7.09. The minimum absolute atomic E-state index is 0.0128. The van der Waals surface area contributed by atoms with Crippen LogP contribution in [-0.2, 0) is 6.54 Å². The van der Waals surface area contributed by atoms with Crippen molar-refractivity contribution in [2.24, 2.45) is 5.73 Å². The molecule has 1 aliphatic rings. The molecule has 82 valence electrons. The molecule has 2 N–H and O–H groups in total. The van der Waals surface area contributed by atoms with E-state index in [9.17, 15) is 0 Å². The van der Waals surface area contributed by atoms with Crippen LogP contribution in [0.2, 0.25) is 0 Å². The lowest BCUT2D eigenvalue weighted by molar-refractivity contribution is 0.0763. The molecule has 0 aromatic heterocycles. The minimum atomic E-state index is 0.0128. The number of benzene rings is 1. The molecule has 15 heavy (non-hydrogen) atoms. The lowest BCUT2D eigenvalue weighted by Crippen LogP contribution is -2.64. The van der Waals surface area contributed by atoms with Gasteiger partial charge in [-0.05, 0) is 24.6 Å². The number of hydrogen-bond donors (Lipinski definition) is 1. The van der Waals surface area contributed by atoms with Crippen molar-refractivity contribution in [3.8, 4) is 5.75 Å². The Morgan fingerprint density at radius 2 is 2.20 bits per heavy atom. The molecule has 0 aliphatic carbocycles. The van der Waals surface area contributed by atoms with Crippen LogP contribution in [-0.4, -0.2) is 30.6 Å². The van der Waals surface area contributed by atoms with Gasteiger partial charge in [0.25, 0.3) is 0 Å². The Balaban J connectivity index is 1.94. The number of methoxy groups -OCH3 is 1. The Bertz CT molecular complexity index is 341. The standard InChI is InChI=1S/C12H18N2O/c1-12(13)8-14(9-12)7-10-4-3-5-11(6-10)15-2/h3-6H,7-9,13H2,1-2H3. The van der Waals surface area contributed by atoms with Gasteiger partial charge in [-0.15, -0.1) is 0 Å². The van der Waals surface area contributed by atoms with Gasteiger partial charge < -0.3 is 10.5 Å². The van der Waals surface area contributed by atoms with Crippen molar-refractivity contribution in [1.29, 1.82) is 0 Å². The van der Waals surface area contributed by atoms with Crippen LogP contribution < -0.4 is 10.5 Å². The molecule has 3 heteroatoms. The van der Waals surface area contributed by atoms with Crippen LogP contribution in [0.1, 0.15) is 12.5 Å². The van der Waals surface area contributed by atoms with E-state index in [0.717, 1.165) is 25.4 Å². The predicted octanol–water partition coefficient (Wildman–Crippen LogP) is 1.23. The van der Waals surface area contributed by atoms with E-state index in [1.807, 2.05) is 12.1 Å². The van der Waals surface area contributed by atoms with Gasteiger partial charge >= 0.3 is 0 Å². The van der Waals surface area contributed by atoms with Gasteiger partial charge in [0, 0.05) is 25.2 Å². The lowest BCUT2D eigenvalue weighted by atomic mass is 9.93. The second kappa shape index (κ2) is 3.83. The highest BCUT2D eigenvalue weighted by atomic mass is 16.5. The van der Waals surface area contributed by atoms with Crippen LogP contribution in [0, 0.1) is 0 Å². The first kappa shape index (κ1) is 10.5. The summed E-state index contributed by atoms with van der Waals surface area (Å²) in [6, 6.07) is 8.18. The van der Waals surface area contributed by atoms with Gasteiger partial charge in [0.15, 0.2) is 0 Å². The summed E-state index contributed by atoms with van der Waals surface area (Å²) in [5.41, 5.74) is 7.25. The fraction of sp³-hybridized carbons (Fsp3) is 0.500. The molecule has 0 bridgehead atoms. The fourth-order valence-electron chi connectivity index (χ4n) is 2.12. The summed E-state index contributed by atoms with van der Waals surface area (Å²) in [5, 5.41) is 0. The maximum Gasteiger partial charge on any atom is 0.119 e. The van der Waals surface area contributed by atoms with Gasteiger partial charge in [-0.2, -0.15) is 0 Å². The van der Waals surface area contributed by atoms with E-state index < -0.39 is 0 Å². The number of ether oxygens (including phenoxy) is 1. The van der Waals surface area contributed by atoms with Crippen LogP contribution in [0.3, 0.4) is 0 Å². The number of likely N-dealkylation sites (tertiary alicyclic amines) is 1. The van der Waals surface area contributed by atoms with Crippen molar-refractivity contribution < 1.29 is 4.74 Å². The van der Waals surface area contributed by atoms with E-state index in [1.54, 1.807) is 7.11 Å². The largest absolute Gasteiger partial charge is 0.497 e. The van der Waals surface area contributed by atoms with Crippen LogP contribution in [0.5, 0.6) is 5.75 Å². The molecule has 0 amide bonds. The summed E-state index contributed by atoms with van der Waals surface area (Å²) in [4.78, 5) is 2.34. The third-order valence-electron chi connectivity index (χ3n) is 2.71. The van der Waals surface area contributed by atoms with E-state index in [0.29, 0.717) is 0 Å². The number of nitrogens with zero attached hydrogens (tertiary/aromatic N) is 1. The summed E-state index contributed by atoms with van der Waals surface area (Å²) in [7, 11) is 1.69. The molecule has 0 spiro atoms. The number of nitrogens with two attached hydrogens (primary N) is 1. The molecular weight excluding hydrogens is 188 g/mol. The highest BCUT2D eigenvalue weighted by molar-refractivity contribution is 5.28. The molecule has 1 aliphatic heterocycles. The Hall–Kier alpha value is -1.06. The highest BCUT2D eigenvalue weighted by Gasteiger charge is 2.34. The molecule has 1 aromatic carbocycles. The van der Waals surface area contributed by atoms with Crippen molar-refractivity contribution in [1.82, 2.24) is 4.90 Å². The average Bonchev–Trinajstić information content (AvgIpc) is 2.15. The van der Waals surface area contributed by atoms with Crippen molar-refractivity contribution in [2.45, 2.75) is 19.0 Å². The molecule has 2 rings (SSSR count). The minimum Gasteiger partial charge on any atom is -0.497 e. The van der Waals surface area contributed by atoms with E-state index in [4.69, 9.17) is 10.5 Å². The fourth-order valence-corrected chi connectivity index (χ4v) is 2.12. The molecule has 1 fully saturated rings. The molecular formula is C12H18N2O. The Morgan fingerprint density at radius 1 is 1.47 bits per heavy atom. The van der Waals surface area contributed by atoms with Gasteiger partial charge in [0.2, 0.25) is 0 Å². The molecule has 1 aromatic rings. The zero-order valence-electron chi connectivity index (χ0n) is 9.36. The van der Waals surface area contributed by atoms with Crippen molar-refractivity contribution in [3.63, 3.8) is 0 Å². The SMILES string of the molecule is COc1cccc(CN2CC(C)(N)C2)c1. The monoisotopic (exact) mass is 206 g/mol. The summed E-state index contributed by atoms with van der Waals surface area (Å²) in [6.07, 6.45) is 0. The van der Waals surface area contributed by atoms with E-state index >= 15 is 0 Å². The van der Waals surface area contributed by atoms with Gasteiger partial charge in [-0.3, -0.25) is 4.90 Å². The maximum absolute atomic E-state index is 5.96. The Kier molecular flexibility index (Phi) is 2.67. The van der Waals surface area contributed by atoms with Crippen molar-refractivity contribution >= 4 is 0 Å². The van der Waals surface area contributed by atoms with E-state index in [2.05, 4.69) is 24.0 Å². The summed E-state index contributed by atoms with van der Waals surface area (Å²) >= 11 is 0. The van der Waals surface area contributed by atoms with Gasteiger partial charge in [0.1, 0.15) is 5.75 Å². The molecule has 0 saturated carbocycles. The zero-order valence-corrected chi connectivity index (χ0v) is 9.36. The zero-order chi connectivity index (χ0) is 10.9. The normalized spacial score (nSPS) is 19.7. The predicted molar refractivity (Wildman–Crippen MR) is 60.9 cm³/mol. The third-order valence-corrected chi connectivity index (χ3v) is 2.71. The smallest absolute Gasteiger partial charge is 0.119 e. The molecule has 3 nitrogen and oxygen atoms in total. The molecule has 0 radical (unpaired) electrons. The number of hydrogen-bond acceptors (Lipinski definition) is 3. The second-order valence-electron chi connectivity index (χ2n) is 4.65. The summed E-state index contributed by atoms with van der Waals surface area (Å²) in [5.74, 6) is 0.920. The van der Waals surface area contributed by atoms with E-state index in [-0.39, 0.29) is 5.54 Å². The summed E-state index contributed by atoms with van der Waals surface area (Å²) in [6.45, 7) is 5.01.